The second-order valence-electron chi connectivity index (χ2n) is 11.7. The first-order chi connectivity index (χ1) is 14.0. The molecule has 0 aromatic heterocycles. The van der Waals surface area contributed by atoms with Gasteiger partial charge in [0.25, 0.3) is 0 Å². The first-order valence-corrected chi connectivity index (χ1v) is 13.1. The number of hydrogen-bond donors (Lipinski definition) is 0. The molecule has 0 aliphatic carbocycles. The van der Waals surface area contributed by atoms with Crippen molar-refractivity contribution in [1.82, 2.24) is 0 Å². The maximum Gasteiger partial charge on any atom is -0.00972 e. The number of hydrogen-bond acceptors (Lipinski definition) is 0. The molecule has 1 aromatic carbocycles. The summed E-state index contributed by atoms with van der Waals surface area (Å²) in [6.07, 6.45) is 15.6. The second kappa shape index (κ2) is 12.3. The van der Waals surface area contributed by atoms with Gasteiger partial charge in [-0.25, -0.2) is 0 Å². The van der Waals surface area contributed by atoms with Gasteiger partial charge in [0.05, 0.1) is 0 Å². The van der Waals surface area contributed by atoms with Gasteiger partial charge >= 0.3 is 0 Å². The van der Waals surface area contributed by atoms with Crippen LogP contribution >= 0.6 is 0 Å². The Hall–Kier alpha value is -0.780. The van der Waals surface area contributed by atoms with Crippen LogP contribution in [-0.2, 0) is 16.2 Å². The quantitative estimate of drug-likeness (QED) is 0.251. The summed E-state index contributed by atoms with van der Waals surface area (Å²) in [7, 11) is 0. The summed E-state index contributed by atoms with van der Waals surface area (Å²) in [6, 6.07) is 8.99. The van der Waals surface area contributed by atoms with Crippen molar-refractivity contribution in [3.05, 3.63) is 34.9 Å². The van der Waals surface area contributed by atoms with Crippen molar-refractivity contribution >= 4 is 0 Å². The topological polar surface area (TPSA) is 0 Å². The van der Waals surface area contributed by atoms with E-state index in [0.29, 0.717) is 0 Å². The highest BCUT2D eigenvalue weighted by atomic mass is 14.3. The lowest BCUT2D eigenvalue weighted by molar-refractivity contribution is 0.423. The Morgan fingerprint density at radius 3 is 1.20 bits per heavy atom. The average Bonchev–Trinajstić information content (AvgIpc) is 2.68. The van der Waals surface area contributed by atoms with Crippen LogP contribution in [0.2, 0.25) is 0 Å². The Balaban J connectivity index is 3.33. The Labute approximate surface area is 190 Å². The van der Waals surface area contributed by atoms with Crippen molar-refractivity contribution in [2.45, 2.75) is 156 Å². The van der Waals surface area contributed by atoms with Crippen molar-refractivity contribution < 1.29 is 0 Å². The molecular weight excluding hydrogens is 360 g/mol. The van der Waals surface area contributed by atoms with Crippen molar-refractivity contribution in [2.24, 2.45) is 0 Å². The second-order valence-corrected chi connectivity index (χ2v) is 11.7. The zero-order valence-electron chi connectivity index (χ0n) is 22.1. The molecule has 0 saturated carbocycles. The molecule has 0 spiro atoms. The Kier molecular flexibility index (Phi) is 11.2. The summed E-state index contributed by atoms with van der Waals surface area (Å²) >= 11 is 0. The van der Waals surface area contributed by atoms with E-state index in [1.807, 2.05) is 0 Å². The highest BCUT2D eigenvalue weighted by Gasteiger charge is 2.29. The summed E-state index contributed by atoms with van der Waals surface area (Å²) in [5.74, 6) is 0. The van der Waals surface area contributed by atoms with Crippen LogP contribution in [-0.4, -0.2) is 0 Å². The maximum absolute atomic E-state index is 3.96. The largest absolute Gasteiger partial charge is 0.0654 e. The SMILES string of the molecule is CCCCCC(C)(C)c1[c]c(C(C)(C)CCCCC)cc(C(C)(C)CCCCC)c1. The molecule has 1 aromatic rings. The predicted molar refractivity (Wildman–Crippen MR) is 137 cm³/mol. The molecule has 0 aliphatic heterocycles. The van der Waals surface area contributed by atoms with Crippen molar-refractivity contribution in [2.75, 3.05) is 0 Å². The van der Waals surface area contributed by atoms with Gasteiger partial charge in [-0.1, -0.05) is 132 Å². The van der Waals surface area contributed by atoms with E-state index in [4.69, 9.17) is 0 Å². The zero-order valence-corrected chi connectivity index (χ0v) is 22.1. The number of unbranched alkanes of at least 4 members (excludes halogenated alkanes) is 6. The smallest absolute Gasteiger partial charge is 0.00972 e. The maximum atomic E-state index is 3.96. The molecule has 173 valence electrons. The fraction of sp³-hybridized carbons (Fsp3) is 0.800. The summed E-state index contributed by atoms with van der Waals surface area (Å²) in [4.78, 5) is 0. The molecule has 0 atom stereocenters. The van der Waals surface area contributed by atoms with E-state index >= 15 is 0 Å². The minimum absolute atomic E-state index is 0.193. The molecule has 0 heteroatoms. The molecule has 0 bridgehead atoms. The molecule has 0 unspecified atom stereocenters. The highest BCUT2D eigenvalue weighted by molar-refractivity contribution is 5.39. The first-order valence-electron chi connectivity index (χ1n) is 13.1. The lowest BCUT2D eigenvalue weighted by Crippen LogP contribution is -2.25. The van der Waals surface area contributed by atoms with Gasteiger partial charge < -0.3 is 0 Å². The van der Waals surface area contributed by atoms with Crippen LogP contribution in [0.5, 0.6) is 0 Å². The van der Waals surface area contributed by atoms with Gasteiger partial charge in [-0.15, -0.1) is 0 Å². The minimum Gasteiger partial charge on any atom is -0.0654 e. The molecule has 0 fully saturated rings. The third kappa shape index (κ3) is 8.39. The zero-order chi connectivity index (χ0) is 22.8. The Morgan fingerprint density at radius 2 is 0.867 bits per heavy atom. The van der Waals surface area contributed by atoms with Crippen LogP contribution in [0.4, 0.5) is 0 Å². The van der Waals surface area contributed by atoms with Crippen LogP contribution in [0.1, 0.15) is 156 Å². The third-order valence-electron chi connectivity index (χ3n) is 7.32. The van der Waals surface area contributed by atoms with Gasteiger partial charge in [0, 0.05) is 0 Å². The van der Waals surface area contributed by atoms with E-state index in [9.17, 15) is 0 Å². The first kappa shape index (κ1) is 27.3. The fourth-order valence-electron chi connectivity index (χ4n) is 4.55. The van der Waals surface area contributed by atoms with Crippen LogP contribution in [0.25, 0.3) is 0 Å². The van der Waals surface area contributed by atoms with Gasteiger partial charge in [0.2, 0.25) is 0 Å². The van der Waals surface area contributed by atoms with Gasteiger partial charge in [0.1, 0.15) is 0 Å². The van der Waals surface area contributed by atoms with Gasteiger partial charge in [0.15, 0.2) is 0 Å². The summed E-state index contributed by atoms with van der Waals surface area (Å²) in [5.41, 5.74) is 5.04. The van der Waals surface area contributed by atoms with E-state index in [-0.39, 0.29) is 16.2 Å². The normalized spacial score (nSPS) is 13.1. The molecule has 0 aliphatic rings. The summed E-state index contributed by atoms with van der Waals surface area (Å²) in [5, 5.41) is 0. The molecule has 0 heterocycles. The van der Waals surface area contributed by atoms with Crippen molar-refractivity contribution in [3.63, 3.8) is 0 Å². The third-order valence-corrected chi connectivity index (χ3v) is 7.32. The average molecular weight is 414 g/mol. The molecule has 1 radical (unpaired) electrons. The number of benzene rings is 1. The van der Waals surface area contributed by atoms with E-state index in [1.165, 1.54) is 93.7 Å². The molecule has 0 nitrogen and oxygen atoms in total. The lowest BCUT2D eigenvalue weighted by atomic mass is 9.70. The van der Waals surface area contributed by atoms with Crippen LogP contribution < -0.4 is 0 Å². The molecule has 0 amide bonds. The Bertz CT molecular complexity index is 504. The van der Waals surface area contributed by atoms with E-state index in [1.54, 1.807) is 0 Å². The van der Waals surface area contributed by atoms with Crippen molar-refractivity contribution in [1.29, 1.82) is 0 Å². The van der Waals surface area contributed by atoms with Crippen LogP contribution in [0, 0.1) is 6.07 Å². The van der Waals surface area contributed by atoms with Gasteiger partial charge in [-0.05, 0) is 58.3 Å². The monoisotopic (exact) mass is 413 g/mol. The Morgan fingerprint density at radius 1 is 0.533 bits per heavy atom. The van der Waals surface area contributed by atoms with Gasteiger partial charge in [-0.3, -0.25) is 0 Å². The predicted octanol–water partition coefficient (Wildman–Crippen LogP) is 10.1. The minimum atomic E-state index is 0.193. The van der Waals surface area contributed by atoms with Crippen molar-refractivity contribution in [3.8, 4) is 0 Å². The highest BCUT2D eigenvalue weighted by Crippen LogP contribution is 2.39. The molecular formula is C30H53. The van der Waals surface area contributed by atoms with Gasteiger partial charge in [-0.2, -0.15) is 0 Å². The molecule has 1 rings (SSSR count). The lowest BCUT2D eigenvalue weighted by Gasteiger charge is -2.34. The molecule has 0 N–H and O–H groups in total. The van der Waals surface area contributed by atoms with E-state index in [0.717, 1.165) is 0 Å². The summed E-state index contributed by atoms with van der Waals surface area (Å²) in [6.45, 7) is 21.6. The van der Waals surface area contributed by atoms with E-state index in [2.05, 4.69) is 80.5 Å². The van der Waals surface area contributed by atoms with Crippen LogP contribution in [0.3, 0.4) is 0 Å². The molecule has 0 saturated heterocycles. The fourth-order valence-corrected chi connectivity index (χ4v) is 4.55. The number of rotatable bonds is 15. The van der Waals surface area contributed by atoms with Crippen LogP contribution in [0.15, 0.2) is 12.1 Å². The summed E-state index contributed by atoms with van der Waals surface area (Å²) < 4.78 is 0. The van der Waals surface area contributed by atoms with E-state index < -0.39 is 0 Å². The molecule has 30 heavy (non-hydrogen) atoms. The standard InChI is InChI=1S/C30H53/c1-10-13-16-19-28(4,5)25-22-26(29(6,7)20-17-14-11-2)24-27(23-25)30(8,9)21-18-15-12-3/h22-23H,10-21H2,1-9H3.